The zero-order valence-corrected chi connectivity index (χ0v) is 61.2. The maximum absolute atomic E-state index is 12.5. The lowest BCUT2D eigenvalue weighted by Gasteiger charge is -2.22. The molecule has 89 heavy (non-hydrogen) atoms. The van der Waals surface area contributed by atoms with Gasteiger partial charge in [0.25, 0.3) is 0 Å². The lowest BCUT2D eigenvalue weighted by molar-refractivity contribution is -0.143. The maximum atomic E-state index is 12.5. The number of amides is 1. The molecule has 0 saturated carbocycles. The van der Waals surface area contributed by atoms with Gasteiger partial charge in [-0.1, -0.05) is 457 Å². The third-order valence-corrected chi connectivity index (χ3v) is 20.2. The molecule has 532 valence electrons. The fourth-order valence-corrected chi connectivity index (χ4v) is 13.8. The number of aliphatic hydroxyl groups excluding tert-OH is 2. The van der Waals surface area contributed by atoms with Gasteiger partial charge in [0.05, 0.1) is 25.4 Å². The summed E-state index contributed by atoms with van der Waals surface area (Å²) >= 11 is 0. The quantitative estimate of drug-likeness (QED) is 0.0417. The van der Waals surface area contributed by atoms with Crippen LogP contribution in [0.3, 0.4) is 0 Å². The summed E-state index contributed by atoms with van der Waals surface area (Å²) in [6, 6.07) is -0.535. The Balaban J connectivity index is 3.26. The summed E-state index contributed by atoms with van der Waals surface area (Å²) in [7, 11) is 0. The number of ether oxygens (including phenoxy) is 1. The minimum Gasteiger partial charge on any atom is -0.466 e. The van der Waals surface area contributed by atoms with Gasteiger partial charge in [-0.05, 0) is 25.7 Å². The molecular weight excluding hydrogens is 1090 g/mol. The van der Waals surface area contributed by atoms with Crippen LogP contribution in [0.1, 0.15) is 495 Å². The average molecular weight is 1260 g/mol. The summed E-state index contributed by atoms with van der Waals surface area (Å²) in [5.41, 5.74) is 0. The Morgan fingerprint density at radius 3 is 0.685 bits per heavy atom. The zero-order chi connectivity index (χ0) is 64.2. The van der Waals surface area contributed by atoms with E-state index in [1.165, 1.54) is 424 Å². The van der Waals surface area contributed by atoms with Gasteiger partial charge in [0.1, 0.15) is 0 Å². The molecule has 0 bridgehead atoms. The van der Waals surface area contributed by atoms with Crippen LogP contribution in [-0.2, 0) is 14.3 Å². The molecule has 0 saturated heterocycles. The number of aliphatic hydroxyl groups is 2. The third-order valence-electron chi connectivity index (χ3n) is 20.2. The molecule has 2 unspecified atom stereocenters. The van der Waals surface area contributed by atoms with Gasteiger partial charge in [-0.2, -0.15) is 0 Å². The van der Waals surface area contributed by atoms with Crippen LogP contribution in [0.15, 0.2) is 0 Å². The Labute approximate surface area is 559 Å². The molecule has 0 aliphatic heterocycles. The van der Waals surface area contributed by atoms with E-state index in [1.807, 2.05) is 0 Å². The second-order valence-corrected chi connectivity index (χ2v) is 29.2. The van der Waals surface area contributed by atoms with E-state index in [4.69, 9.17) is 4.74 Å². The number of hydrogen-bond acceptors (Lipinski definition) is 5. The Kier molecular flexibility index (Phi) is 78.3. The van der Waals surface area contributed by atoms with E-state index in [1.54, 1.807) is 0 Å². The van der Waals surface area contributed by atoms with Gasteiger partial charge >= 0.3 is 5.97 Å². The summed E-state index contributed by atoms with van der Waals surface area (Å²) in [4.78, 5) is 24.7. The van der Waals surface area contributed by atoms with E-state index in [0.717, 1.165) is 38.5 Å². The Morgan fingerprint density at radius 1 is 0.270 bits per heavy atom. The summed E-state index contributed by atoms with van der Waals surface area (Å²) < 4.78 is 5.53. The van der Waals surface area contributed by atoms with Crippen molar-refractivity contribution < 1.29 is 24.5 Å². The number of esters is 1. The molecule has 0 radical (unpaired) electrons. The second kappa shape index (κ2) is 79.3. The van der Waals surface area contributed by atoms with Crippen LogP contribution in [0.25, 0.3) is 0 Å². The highest BCUT2D eigenvalue weighted by Crippen LogP contribution is 2.21. The van der Waals surface area contributed by atoms with E-state index >= 15 is 0 Å². The van der Waals surface area contributed by atoms with Crippen LogP contribution in [0.4, 0.5) is 0 Å². The molecular formula is C83H165NO5. The van der Waals surface area contributed by atoms with Crippen molar-refractivity contribution in [3.63, 3.8) is 0 Å². The summed E-state index contributed by atoms with van der Waals surface area (Å²) in [6.45, 7) is 5.02. The molecule has 6 heteroatoms. The van der Waals surface area contributed by atoms with Crippen molar-refractivity contribution in [1.82, 2.24) is 5.32 Å². The molecule has 0 rings (SSSR count). The molecule has 1 amide bonds. The molecule has 2 atom stereocenters. The fraction of sp³-hybridized carbons (Fsp3) is 0.976. The van der Waals surface area contributed by atoms with Crippen molar-refractivity contribution in [3.8, 4) is 0 Å². The van der Waals surface area contributed by atoms with Crippen molar-refractivity contribution in [2.24, 2.45) is 0 Å². The van der Waals surface area contributed by atoms with Crippen molar-refractivity contribution in [3.05, 3.63) is 0 Å². The first kappa shape index (κ1) is 87.9. The number of nitrogens with one attached hydrogen (secondary N) is 1. The topological polar surface area (TPSA) is 95.9 Å². The average Bonchev–Trinajstić information content (AvgIpc) is 3.68. The first-order valence-electron chi connectivity index (χ1n) is 41.8. The number of rotatable bonds is 80. The predicted octanol–water partition coefficient (Wildman–Crippen LogP) is 27.7. The summed E-state index contributed by atoms with van der Waals surface area (Å²) in [5.74, 6) is 0.00553. The number of carbonyl (C=O) groups is 2. The van der Waals surface area contributed by atoms with Crippen LogP contribution < -0.4 is 5.32 Å². The van der Waals surface area contributed by atoms with E-state index in [-0.39, 0.29) is 18.5 Å². The second-order valence-electron chi connectivity index (χ2n) is 29.2. The minimum absolute atomic E-state index is 0.0248. The highest BCUT2D eigenvalue weighted by atomic mass is 16.5. The van der Waals surface area contributed by atoms with Crippen molar-refractivity contribution in [2.45, 2.75) is 508 Å². The largest absolute Gasteiger partial charge is 0.466 e. The van der Waals surface area contributed by atoms with Gasteiger partial charge in [0.15, 0.2) is 0 Å². The first-order chi connectivity index (χ1) is 44.0. The maximum Gasteiger partial charge on any atom is 0.305 e. The lowest BCUT2D eigenvalue weighted by Crippen LogP contribution is -2.45. The zero-order valence-electron chi connectivity index (χ0n) is 61.2. The normalized spacial score (nSPS) is 12.4. The third kappa shape index (κ3) is 75.8. The molecule has 0 aliphatic carbocycles. The van der Waals surface area contributed by atoms with Crippen LogP contribution in [0.2, 0.25) is 0 Å². The van der Waals surface area contributed by atoms with Crippen LogP contribution in [-0.4, -0.2) is 47.4 Å². The minimum atomic E-state index is -0.658. The molecule has 0 aromatic carbocycles. The van der Waals surface area contributed by atoms with E-state index in [9.17, 15) is 19.8 Å². The number of carbonyl (C=O) groups excluding carboxylic acids is 2. The van der Waals surface area contributed by atoms with Crippen LogP contribution in [0, 0.1) is 0 Å². The van der Waals surface area contributed by atoms with Crippen molar-refractivity contribution in [1.29, 1.82) is 0 Å². The van der Waals surface area contributed by atoms with Crippen molar-refractivity contribution >= 4 is 11.9 Å². The standard InChI is InChI=1S/C83H165NO5/c1-3-5-7-9-11-13-15-17-19-20-42-46-49-53-57-61-65-69-73-77-83(88)89-78-74-70-66-62-58-54-50-47-44-41-39-37-35-33-31-29-27-25-23-21-22-24-26-28-30-32-34-36-38-40-43-45-48-52-56-60-64-68-72-76-82(87)84-80(79-85)81(86)75-71-67-63-59-55-51-18-16-14-12-10-8-6-4-2/h80-81,85-86H,3-79H2,1-2H3,(H,84,87). The highest BCUT2D eigenvalue weighted by molar-refractivity contribution is 5.76. The lowest BCUT2D eigenvalue weighted by atomic mass is 10.0. The number of hydrogen-bond donors (Lipinski definition) is 3. The SMILES string of the molecule is CCCCCCCCCCCCCCCCCCCCCC(=O)OCCCCCCCCCCCCCCCCCCCCCCCCCCCCCCCCCCCCCCCCCC(=O)NC(CO)C(O)CCCCCCCCCCCCCCCC. The Hall–Kier alpha value is -1.14. The summed E-state index contributed by atoms with van der Waals surface area (Å²) in [6.07, 6.45) is 99.5. The molecule has 0 aromatic rings. The Morgan fingerprint density at radius 2 is 0.461 bits per heavy atom. The van der Waals surface area contributed by atoms with Gasteiger partial charge in [0, 0.05) is 12.8 Å². The van der Waals surface area contributed by atoms with Gasteiger partial charge in [-0.3, -0.25) is 9.59 Å². The molecule has 3 N–H and O–H groups in total. The first-order valence-corrected chi connectivity index (χ1v) is 41.8. The van der Waals surface area contributed by atoms with Crippen LogP contribution >= 0.6 is 0 Å². The molecule has 0 aromatic heterocycles. The van der Waals surface area contributed by atoms with Gasteiger partial charge in [-0.15, -0.1) is 0 Å². The predicted molar refractivity (Wildman–Crippen MR) is 394 cm³/mol. The molecule has 0 aliphatic rings. The number of unbranched alkanes of at least 4 members (excludes halogenated alkanes) is 69. The Bertz CT molecular complexity index is 1310. The van der Waals surface area contributed by atoms with E-state index < -0.39 is 12.1 Å². The van der Waals surface area contributed by atoms with E-state index in [2.05, 4.69) is 19.2 Å². The molecule has 0 heterocycles. The highest BCUT2D eigenvalue weighted by Gasteiger charge is 2.20. The van der Waals surface area contributed by atoms with E-state index in [0.29, 0.717) is 25.9 Å². The molecule has 6 nitrogen and oxygen atoms in total. The van der Waals surface area contributed by atoms with Crippen molar-refractivity contribution in [2.75, 3.05) is 13.2 Å². The van der Waals surface area contributed by atoms with Gasteiger partial charge < -0.3 is 20.3 Å². The van der Waals surface area contributed by atoms with Crippen LogP contribution in [0.5, 0.6) is 0 Å². The van der Waals surface area contributed by atoms with Gasteiger partial charge in [-0.25, -0.2) is 0 Å². The molecule has 0 spiro atoms. The summed E-state index contributed by atoms with van der Waals surface area (Å²) in [5, 5.41) is 23.3. The molecule has 0 fully saturated rings. The fourth-order valence-electron chi connectivity index (χ4n) is 13.8. The monoisotopic (exact) mass is 1260 g/mol. The smallest absolute Gasteiger partial charge is 0.305 e. The van der Waals surface area contributed by atoms with Gasteiger partial charge in [0.2, 0.25) is 5.91 Å².